The first-order chi connectivity index (χ1) is 8.58. The van der Waals surface area contributed by atoms with Crippen LogP contribution in [0.1, 0.15) is 25.7 Å². The maximum Gasteiger partial charge on any atom is 0.167 e. The van der Waals surface area contributed by atoms with Crippen molar-refractivity contribution < 1.29 is 9.90 Å². The molecule has 0 aromatic carbocycles. The molecule has 1 unspecified atom stereocenters. The maximum atomic E-state index is 11.6. The molecule has 0 radical (unpaired) electrons. The van der Waals surface area contributed by atoms with E-state index in [1.807, 2.05) is 6.08 Å². The van der Waals surface area contributed by atoms with Gasteiger partial charge in [0.25, 0.3) is 0 Å². The number of Topliss-reactive ketones (excluding diaryl/α,β-unsaturated/α-hetero) is 1. The number of aliphatic hydroxyl groups excluding tert-OH is 1. The Hall–Kier alpha value is -1.06. The van der Waals surface area contributed by atoms with E-state index in [1.165, 1.54) is 6.21 Å². The number of ketones is 1. The molecule has 3 nitrogen and oxygen atoms in total. The first-order valence-electron chi connectivity index (χ1n) is 5.79. The zero-order chi connectivity index (χ0) is 13.1. The van der Waals surface area contributed by atoms with Gasteiger partial charge in [0.15, 0.2) is 5.78 Å². The van der Waals surface area contributed by atoms with Crippen molar-refractivity contribution in [1.82, 2.24) is 0 Å². The number of halogens is 2. The van der Waals surface area contributed by atoms with E-state index >= 15 is 0 Å². The van der Waals surface area contributed by atoms with Crippen molar-refractivity contribution in [3.05, 3.63) is 34.2 Å². The summed E-state index contributed by atoms with van der Waals surface area (Å²) in [6, 6.07) is 0. The van der Waals surface area contributed by atoms with Gasteiger partial charge in [0.2, 0.25) is 0 Å². The SMILES string of the molecule is O=C1CCCC(O)=C1C=NC1=CCC(Cl)C=C1Cl. The summed E-state index contributed by atoms with van der Waals surface area (Å²) in [4.78, 5) is 15.8. The number of hydrogen-bond acceptors (Lipinski definition) is 3. The van der Waals surface area contributed by atoms with Crippen LogP contribution in [0.5, 0.6) is 0 Å². The number of rotatable bonds is 2. The van der Waals surface area contributed by atoms with Crippen molar-refractivity contribution in [3.8, 4) is 0 Å². The largest absolute Gasteiger partial charge is 0.512 e. The monoisotopic (exact) mass is 285 g/mol. The van der Waals surface area contributed by atoms with E-state index in [4.69, 9.17) is 23.2 Å². The third-order valence-corrected chi connectivity index (χ3v) is 3.49. The quantitative estimate of drug-likeness (QED) is 0.622. The summed E-state index contributed by atoms with van der Waals surface area (Å²) < 4.78 is 0. The van der Waals surface area contributed by atoms with Gasteiger partial charge in [-0.2, -0.15) is 0 Å². The molecule has 0 aromatic rings. The van der Waals surface area contributed by atoms with Crippen LogP contribution in [0.15, 0.2) is 39.2 Å². The lowest BCUT2D eigenvalue weighted by atomic mass is 9.97. The molecular weight excluding hydrogens is 273 g/mol. The fraction of sp³-hybridized carbons (Fsp3) is 0.385. The maximum absolute atomic E-state index is 11.6. The molecule has 0 heterocycles. The van der Waals surface area contributed by atoms with Gasteiger partial charge in [0.1, 0.15) is 5.76 Å². The van der Waals surface area contributed by atoms with E-state index in [9.17, 15) is 9.90 Å². The van der Waals surface area contributed by atoms with Gasteiger partial charge in [-0.05, 0) is 18.9 Å². The first-order valence-corrected chi connectivity index (χ1v) is 6.60. The molecule has 0 saturated heterocycles. The summed E-state index contributed by atoms with van der Waals surface area (Å²) in [6.07, 6.45) is 7.27. The number of nitrogens with zero attached hydrogens (tertiary/aromatic N) is 1. The Morgan fingerprint density at radius 3 is 2.89 bits per heavy atom. The smallest absolute Gasteiger partial charge is 0.167 e. The zero-order valence-electron chi connectivity index (χ0n) is 9.70. The molecule has 0 aromatic heterocycles. The molecule has 0 bridgehead atoms. The molecule has 0 aliphatic heterocycles. The van der Waals surface area contributed by atoms with Crippen LogP contribution in [0.2, 0.25) is 0 Å². The van der Waals surface area contributed by atoms with Crippen molar-refractivity contribution in [1.29, 1.82) is 0 Å². The minimum absolute atomic E-state index is 0.0748. The van der Waals surface area contributed by atoms with Crippen molar-refractivity contribution in [2.45, 2.75) is 31.1 Å². The van der Waals surface area contributed by atoms with E-state index < -0.39 is 0 Å². The number of carbonyl (C=O) groups excluding carboxylic acids is 1. The average molecular weight is 286 g/mol. The highest BCUT2D eigenvalue weighted by Gasteiger charge is 2.19. The number of hydrogen-bond donors (Lipinski definition) is 1. The predicted molar refractivity (Wildman–Crippen MR) is 73.3 cm³/mol. The molecule has 96 valence electrons. The van der Waals surface area contributed by atoms with Crippen molar-refractivity contribution in [3.63, 3.8) is 0 Å². The van der Waals surface area contributed by atoms with E-state index in [0.29, 0.717) is 42.0 Å². The van der Waals surface area contributed by atoms with Gasteiger partial charge in [-0.25, -0.2) is 0 Å². The second kappa shape index (κ2) is 5.72. The lowest BCUT2D eigenvalue weighted by molar-refractivity contribution is -0.115. The van der Waals surface area contributed by atoms with Gasteiger partial charge in [-0.15, -0.1) is 11.6 Å². The lowest BCUT2D eigenvalue weighted by Crippen LogP contribution is -2.12. The van der Waals surface area contributed by atoms with Crippen LogP contribution in [-0.2, 0) is 4.79 Å². The second-order valence-electron chi connectivity index (χ2n) is 4.25. The number of allylic oxidation sites excluding steroid dienone is 5. The Morgan fingerprint density at radius 1 is 1.44 bits per heavy atom. The highest BCUT2D eigenvalue weighted by atomic mass is 35.5. The minimum atomic E-state index is -0.111. The van der Waals surface area contributed by atoms with Gasteiger partial charge in [-0.3, -0.25) is 9.79 Å². The van der Waals surface area contributed by atoms with Gasteiger partial charge in [0, 0.05) is 19.1 Å². The van der Waals surface area contributed by atoms with Crippen molar-refractivity contribution in [2.75, 3.05) is 0 Å². The summed E-state index contributed by atoms with van der Waals surface area (Å²) in [5.41, 5.74) is 0.881. The van der Waals surface area contributed by atoms with Gasteiger partial charge >= 0.3 is 0 Å². The highest BCUT2D eigenvalue weighted by molar-refractivity contribution is 6.33. The van der Waals surface area contributed by atoms with Crippen LogP contribution in [0.25, 0.3) is 0 Å². The lowest BCUT2D eigenvalue weighted by Gasteiger charge is -2.13. The molecule has 1 atom stereocenters. The standard InChI is InChI=1S/C13H13Cl2NO2/c14-8-4-5-11(10(15)6-8)16-7-9-12(17)2-1-3-13(9)18/h5-8,17H,1-4H2. The fourth-order valence-electron chi connectivity index (χ4n) is 1.88. The Morgan fingerprint density at radius 2 is 2.22 bits per heavy atom. The molecule has 5 heteroatoms. The van der Waals surface area contributed by atoms with Gasteiger partial charge in [0.05, 0.1) is 21.7 Å². The molecule has 0 fully saturated rings. The number of alkyl halides is 1. The van der Waals surface area contributed by atoms with E-state index in [1.54, 1.807) is 6.08 Å². The summed E-state index contributed by atoms with van der Waals surface area (Å²) in [6.45, 7) is 0. The number of carbonyl (C=O) groups is 1. The Balaban J connectivity index is 2.17. The molecule has 0 amide bonds. The van der Waals surface area contributed by atoms with Crippen LogP contribution in [-0.4, -0.2) is 22.5 Å². The second-order valence-corrected chi connectivity index (χ2v) is 5.22. The predicted octanol–water partition coefficient (Wildman–Crippen LogP) is 3.64. The van der Waals surface area contributed by atoms with Crippen LogP contribution < -0.4 is 0 Å². The molecule has 18 heavy (non-hydrogen) atoms. The minimum Gasteiger partial charge on any atom is -0.512 e. The summed E-state index contributed by atoms with van der Waals surface area (Å²) in [5, 5.41) is 10.0. The van der Waals surface area contributed by atoms with Gasteiger partial charge < -0.3 is 5.11 Å². The Bertz CT molecular complexity index is 489. The highest BCUT2D eigenvalue weighted by Crippen LogP contribution is 2.26. The molecule has 2 aliphatic rings. The topological polar surface area (TPSA) is 49.7 Å². The third-order valence-electron chi connectivity index (χ3n) is 2.87. The van der Waals surface area contributed by atoms with Crippen LogP contribution in [0, 0.1) is 0 Å². The number of aliphatic imine (C=N–C) groups is 1. The van der Waals surface area contributed by atoms with Crippen molar-refractivity contribution >= 4 is 35.2 Å². The fourth-order valence-corrected chi connectivity index (χ4v) is 2.43. The number of aliphatic hydroxyl groups is 1. The van der Waals surface area contributed by atoms with Crippen LogP contribution in [0.3, 0.4) is 0 Å². The van der Waals surface area contributed by atoms with E-state index in [0.717, 1.165) is 0 Å². The third kappa shape index (κ3) is 3.03. The molecule has 0 spiro atoms. The zero-order valence-corrected chi connectivity index (χ0v) is 11.2. The first kappa shape index (κ1) is 13.4. The molecule has 1 N–H and O–H groups in total. The van der Waals surface area contributed by atoms with Crippen molar-refractivity contribution in [2.24, 2.45) is 4.99 Å². The Labute approximate surface area is 115 Å². The summed E-state index contributed by atoms with van der Waals surface area (Å²) in [7, 11) is 0. The molecular formula is C13H13Cl2NO2. The molecule has 2 aliphatic carbocycles. The summed E-state index contributed by atoms with van der Waals surface area (Å²) in [5.74, 6) is 0.0379. The normalized spacial score (nSPS) is 25.4. The van der Waals surface area contributed by atoms with E-state index in [-0.39, 0.29) is 16.9 Å². The van der Waals surface area contributed by atoms with E-state index in [2.05, 4.69) is 4.99 Å². The van der Waals surface area contributed by atoms with Crippen LogP contribution >= 0.6 is 23.2 Å². The molecule has 0 saturated carbocycles. The Kier molecular flexibility index (Phi) is 4.25. The van der Waals surface area contributed by atoms with Gasteiger partial charge in [-0.1, -0.05) is 17.7 Å². The average Bonchev–Trinajstić information content (AvgIpc) is 2.31. The van der Waals surface area contributed by atoms with Crippen LogP contribution in [0.4, 0.5) is 0 Å². The molecule has 2 rings (SSSR count). The summed E-state index contributed by atoms with van der Waals surface area (Å²) >= 11 is 11.9.